The molecule has 0 unspecified atom stereocenters. The Morgan fingerprint density at radius 1 is 1.28 bits per heavy atom. The lowest BCUT2D eigenvalue weighted by Gasteiger charge is -2.12. The molecule has 0 atom stereocenters. The summed E-state index contributed by atoms with van der Waals surface area (Å²) in [6.07, 6.45) is 2.61. The third kappa shape index (κ3) is 1.40. The van der Waals surface area contributed by atoms with Crippen LogP contribution in [-0.4, -0.2) is 17.5 Å². The van der Waals surface area contributed by atoms with Crippen molar-refractivity contribution in [3.05, 3.63) is 29.0 Å². The van der Waals surface area contributed by atoms with Gasteiger partial charge in [-0.05, 0) is 37.5 Å². The van der Waals surface area contributed by atoms with E-state index in [1.165, 1.54) is 0 Å². The van der Waals surface area contributed by atoms with Crippen LogP contribution in [0.2, 0.25) is 0 Å². The molecule has 94 valence electrons. The molecule has 0 bridgehead atoms. The van der Waals surface area contributed by atoms with E-state index in [1.54, 1.807) is 7.11 Å². The zero-order chi connectivity index (χ0) is 12.9. The van der Waals surface area contributed by atoms with Gasteiger partial charge in [0.2, 0.25) is 0 Å². The summed E-state index contributed by atoms with van der Waals surface area (Å²) in [6.45, 7) is 2.04. The number of hydrogen-bond acceptors (Lipinski definition) is 2. The van der Waals surface area contributed by atoms with Crippen LogP contribution in [0.25, 0.3) is 10.9 Å². The van der Waals surface area contributed by atoms with Crippen LogP contribution >= 0.6 is 0 Å². The van der Waals surface area contributed by atoms with E-state index in [1.807, 2.05) is 20.0 Å². The van der Waals surface area contributed by atoms with E-state index in [2.05, 4.69) is 10.6 Å². The average molecular weight is 243 g/mol. The highest BCUT2D eigenvalue weighted by Gasteiger charge is 2.26. The largest absolute Gasteiger partial charge is 0.495 e. The van der Waals surface area contributed by atoms with Crippen molar-refractivity contribution in [2.24, 2.45) is 7.05 Å². The average Bonchev–Trinajstić information content (AvgIpc) is 2.63. The number of rotatable bonds is 1. The van der Waals surface area contributed by atoms with Crippen LogP contribution < -0.4 is 4.74 Å². The standard InChI is InChI=1S/C15H17NO2/c1-9-7-10-14-11(5-4-6-12(14)17)16(2)15(10)13(8-9)18-3/h7-8H,4-6H2,1-3H3. The van der Waals surface area contributed by atoms with Crippen molar-refractivity contribution in [2.75, 3.05) is 7.11 Å². The minimum Gasteiger partial charge on any atom is -0.495 e. The number of aromatic nitrogens is 1. The first-order valence-corrected chi connectivity index (χ1v) is 6.32. The Hall–Kier alpha value is -1.77. The first-order chi connectivity index (χ1) is 8.63. The zero-order valence-corrected chi connectivity index (χ0v) is 11.0. The molecule has 0 aliphatic heterocycles. The normalized spacial score (nSPS) is 14.9. The second-order valence-electron chi connectivity index (χ2n) is 5.02. The van der Waals surface area contributed by atoms with Crippen LogP contribution in [0.1, 0.15) is 34.5 Å². The topological polar surface area (TPSA) is 31.2 Å². The summed E-state index contributed by atoms with van der Waals surface area (Å²) in [7, 11) is 3.71. The molecule has 0 amide bonds. The van der Waals surface area contributed by atoms with E-state index in [-0.39, 0.29) is 5.78 Å². The highest BCUT2D eigenvalue weighted by atomic mass is 16.5. The van der Waals surface area contributed by atoms with Crippen LogP contribution in [0, 0.1) is 6.92 Å². The van der Waals surface area contributed by atoms with Gasteiger partial charge in [-0.25, -0.2) is 0 Å². The number of hydrogen-bond donors (Lipinski definition) is 0. The molecule has 1 aromatic carbocycles. The molecule has 1 aliphatic carbocycles. The van der Waals surface area contributed by atoms with Crippen molar-refractivity contribution in [1.82, 2.24) is 4.57 Å². The van der Waals surface area contributed by atoms with E-state index in [0.717, 1.165) is 46.3 Å². The van der Waals surface area contributed by atoms with Crippen molar-refractivity contribution in [3.8, 4) is 5.75 Å². The summed E-state index contributed by atoms with van der Waals surface area (Å²) in [5, 5.41) is 1.05. The van der Waals surface area contributed by atoms with E-state index in [9.17, 15) is 4.79 Å². The Balaban J connectivity index is 2.46. The Morgan fingerprint density at radius 2 is 2.06 bits per heavy atom. The maximum atomic E-state index is 12.2. The molecule has 0 saturated carbocycles. The summed E-state index contributed by atoms with van der Waals surface area (Å²) in [5.74, 6) is 1.13. The van der Waals surface area contributed by atoms with Gasteiger partial charge in [0, 0.05) is 30.1 Å². The summed E-state index contributed by atoms with van der Waals surface area (Å²) >= 11 is 0. The summed E-state index contributed by atoms with van der Waals surface area (Å²) in [6, 6.07) is 4.12. The number of ketones is 1. The molecule has 0 fully saturated rings. The molecule has 18 heavy (non-hydrogen) atoms. The Morgan fingerprint density at radius 3 is 2.78 bits per heavy atom. The Kier molecular flexibility index (Phi) is 2.44. The number of carbonyl (C=O) groups excluding carboxylic acids is 1. The van der Waals surface area contributed by atoms with Gasteiger partial charge in [-0.3, -0.25) is 4.79 Å². The fourth-order valence-corrected chi connectivity index (χ4v) is 3.04. The van der Waals surface area contributed by atoms with Gasteiger partial charge in [0.15, 0.2) is 5.78 Å². The van der Waals surface area contributed by atoms with Crippen LogP contribution in [0.3, 0.4) is 0 Å². The van der Waals surface area contributed by atoms with Crippen molar-refractivity contribution >= 4 is 16.7 Å². The molecule has 1 aliphatic rings. The number of aryl methyl sites for hydroxylation is 2. The maximum Gasteiger partial charge on any atom is 0.165 e. The first-order valence-electron chi connectivity index (χ1n) is 6.32. The monoisotopic (exact) mass is 243 g/mol. The SMILES string of the molecule is COc1cc(C)cc2c3c(n(C)c12)CCCC3=O. The minimum atomic E-state index is 0.273. The third-order valence-corrected chi connectivity index (χ3v) is 3.83. The number of ether oxygens (including phenoxy) is 1. The smallest absolute Gasteiger partial charge is 0.165 e. The molecule has 3 rings (SSSR count). The third-order valence-electron chi connectivity index (χ3n) is 3.83. The molecule has 3 heteroatoms. The van der Waals surface area contributed by atoms with Gasteiger partial charge in [-0.1, -0.05) is 0 Å². The molecule has 0 saturated heterocycles. The number of methoxy groups -OCH3 is 1. The van der Waals surface area contributed by atoms with Crippen molar-refractivity contribution < 1.29 is 9.53 Å². The number of benzene rings is 1. The summed E-state index contributed by atoms with van der Waals surface area (Å²) in [4.78, 5) is 12.2. The van der Waals surface area contributed by atoms with E-state index in [0.29, 0.717) is 6.42 Å². The number of carbonyl (C=O) groups is 1. The van der Waals surface area contributed by atoms with E-state index >= 15 is 0 Å². The molecule has 0 N–H and O–H groups in total. The van der Waals surface area contributed by atoms with Gasteiger partial charge in [0.25, 0.3) is 0 Å². The molecule has 1 heterocycles. The molecule has 1 aromatic heterocycles. The van der Waals surface area contributed by atoms with Crippen molar-refractivity contribution in [1.29, 1.82) is 0 Å². The van der Waals surface area contributed by atoms with Gasteiger partial charge in [0.1, 0.15) is 5.75 Å². The molecule has 2 aromatic rings. The molecule has 3 nitrogen and oxygen atoms in total. The number of fused-ring (bicyclic) bond motifs is 3. The number of nitrogens with zero attached hydrogens (tertiary/aromatic N) is 1. The van der Waals surface area contributed by atoms with Crippen LogP contribution in [0.4, 0.5) is 0 Å². The first kappa shape index (κ1) is 11.3. The maximum absolute atomic E-state index is 12.2. The predicted molar refractivity (Wildman–Crippen MR) is 71.5 cm³/mol. The molecular weight excluding hydrogens is 226 g/mol. The lowest BCUT2D eigenvalue weighted by atomic mass is 9.94. The van der Waals surface area contributed by atoms with E-state index < -0.39 is 0 Å². The van der Waals surface area contributed by atoms with Gasteiger partial charge < -0.3 is 9.30 Å². The lowest BCUT2D eigenvalue weighted by molar-refractivity contribution is 0.0973. The molecule has 0 spiro atoms. The van der Waals surface area contributed by atoms with Gasteiger partial charge in [-0.2, -0.15) is 0 Å². The quantitative estimate of drug-likeness (QED) is 0.771. The molecule has 0 radical (unpaired) electrons. The molecular formula is C15H17NO2. The fourth-order valence-electron chi connectivity index (χ4n) is 3.04. The van der Waals surface area contributed by atoms with Crippen LogP contribution in [0.5, 0.6) is 5.75 Å². The highest BCUT2D eigenvalue weighted by Crippen LogP contribution is 2.36. The predicted octanol–water partition coefficient (Wildman–Crippen LogP) is 3.01. The second kappa shape index (κ2) is 3.87. The van der Waals surface area contributed by atoms with Gasteiger partial charge in [0.05, 0.1) is 12.6 Å². The van der Waals surface area contributed by atoms with E-state index in [4.69, 9.17) is 4.74 Å². The van der Waals surface area contributed by atoms with Gasteiger partial charge >= 0.3 is 0 Å². The minimum absolute atomic E-state index is 0.273. The number of Topliss-reactive ketones (excluding diaryl/α,β-unsaturated/α-hetero) is 1. The van der Waals surface area contributed by atoms with Crippen molar-refractivity contribution in [3.63, 3.8) is 0 Å². The van der Waals surface area contributed by atoms with Gasteiger partial charge in [-0.15, -0.1) is 0 Å². The Bertz CT molecular complexity index is 652. The Labute approximate surface area is 106 Å². The van der Waals surface area contributed by atoms with Crippen LogP contribution in [0.15, 0.2) is 12.1 Å². The summed E-state index contributed by atoms with van der Waals surface area (Å²) in [5.41, 5.74) is 4.25. The fraction of sp³-hybridized carbons (Fsp3) is 0.400. The highest BCUT2D eigenvalue weighted by molar-refractivity contribution is 6.11. The van der Waals surface area contributed by atoms with Crippen molar-refractivity contribution in [2.45, 2.75) is 26.2 Å². The zero-order valence-electron chi connectivity index (χ0n) is 11.0. The lowest BCUT2D eigenvalue weighted by Crippen LogP contribution is -2.11. The summed E-state index contributed by atoms with van der Waals surface area (Å²) < 4.78 is 7.59. The van der Waals surface area contributed by atoms with Crippen LogP contribution in [-0.2, 0) is 13.5 Å². The second-order valence-corrected chi connectivity index (χ2v) is 5.02.